The molecule has 14 heteroatoms. The maximum Gasteiger partial charge on any atom is 0.408 e. The minimum absolute atomic E-state index is 0.522. The van der Waals surface area contributed by atoms with Gasteiger partial charge in [0.2, 0.25) is 0 Å². The zero-order valence-corrected chi connectivity index (χ0v) is 23.9. The normalized spacial score (nSPS) is 12.6. The van der Waals surface area contributed by atoms with Gasteiger partial charge in [0.15, 0.2) is 0 Å². The average molecular weight is 547 g/mol. The van der Waals surface area contributed by atoms with Gasteiger partial charge in [0.1, 0.15) is 0 Å². The second kappa shape index (κ2) is 19.9. The molecular weight excluding hydrogens is 513 g/mol. The number of thiol groups is 3. The first-order chi connectivity index (χ1) is 13.6. The maximum atomic E-state index is 6.36. The summed E-state index contributed by atoms with van der Waals surface area (Å²) >= 11 is 18.0. The molecule has 0 N–H and O–H groups in total. The van der Waals surface area contributed by atoms with E-state index in [0.717, 1.165) is 12.1 Å². The Kier molecular flexibility index (Phi) is 21.6. The second-order valence-corrected chi connectivity index (χ2v) is 21.9. The summed E-state index contributed by atoms with van der Waals surface area (Å²) in [6, 6.07) is 1.64. The van der Waals surface area contributed by atoms with Gasteiger partial charge in [-0.15, -0.1) is 22.4 Å². The first kappa shape index (κ1) is 30.3. The van der Waals surface area contributed by atoms with Crippen LogP contribution in [0.1, 0.15) is 0 Å². The highest BCUT2D eigenvalue weighted by Crippen LogP contribution is 2.42. The van der Waals surface area contributed by atoms with Crippen molar-refractivity contribution in [2.75, 3.05) is 76.2 Å². The highest BCUT2D eigenvalue weighted by atomic mass is 32.6. The molecule has 0 saturated carbocycles. The van der Waals surface area contributed by atoms with E-state index in [9.17, 15) is 0 Å². The van der Waals surface area contributed by atoms with Crippen LogP contribution in [-0.4, -0.2) is 90.6 Å². The van der Waals surface area contributed by atoms with Crippen LogP contribution in [0.15, 0.2) is 0 Å². The van der Waals surface area contributed by atoms with E-state index in [4.69, 9.17) is 27.5 Å². The molecule has 0 heterocycles. The molecule has 0 aliphatic heterocycles. The van der Waals surface area contributed by atoms with Gasteiger partial charge in [-0.1, -0.05) is 11.2 Å². The summed E-state index contributed by atoms with van der Waals surface area (Å²) in [5.74, 6) is 3.62. The van der Waals surface area contributed by atoms with Crippen molar-refractivity contribution in [2.45, 2.75) is 12.1 Å². The highest BCUT2D eigenvalue weighted by Gasteiger charge is 2.46. The van der Waals surface area contributed by atoms with Gasteiger partial charge in [0, 0.05) is 64.5 Å². The zero-order valence-electron chi connectivity index (χ0n) is 16.8. The molecule has 0 radical (unpaired) electrons. The van der Waals surface area contributed by atoms with Crippen molar-refractivity contribution >= 4 is 85.8 Å². The lowest BCUT2D eigenvalue weighted by Gasteiger charge is -2.34. The molecule has 6 nitrogen and oxygen atoms in total. The van der Waals surface area contributed by atoms with Gasteiger partial charge < -0.3 is 27.5 Å². The van der Waals surface area contributed by atoms with Gasteiger partial charge in [-0.3, -0.25) is 0 Å². The molecular formula is C14H34O6S6Si2. The number of rotatable bonds is 21. The van der Waals surface area contributed by atoms with Crippen LogP contribution in [0.25, 0.3) is 0 Å². The van der Waals surface area contributed by atoms with Gasteiger partial charge in [-0.2, -0.15) is 37.9 Å². The second-order valence-electron chi connectivity index (χ2n) is 5.23. The lowest BCUT2D eigenvalue weighted by molar-refractivity contribution is 0.206. The van der Waals surface area contributed by atoms with E-state index in [1.807, 2.05) is 0 Å². The van der Waals surface area contributed by atoms with E-state index < -0.39 is 14.3 Å². The summed E-state index contributed by atoms with van der Waals surface area (Å²) < 4.78 is 34.8. The zero-order chi connectivity index (χ0) is 21.1. The topological polar surface area (TPSA) is 55.4 Å². The molecule has 0 aliphatic carbocycles. The number of hydrogen-bond acceptors (Lipinski definition) is 12. The van der Waals surface area contributed by atoms with Crippen molar-refractivity contribution in [3.63, 3.8) is 0 Å². The summed E-state index contributed by atoms with van der Waals surface area (Å²) in [5.41, 5.74) is 0. The molecule has 0 amide bonds. The Bertz CT molecular complexity index is 289. The summed E-state index contributed by atoms with van der Waals surface area (Å²) in [4.78, 5) is 0. The van der Waals surface area contributed by atoms with Crippen LogP contribution in [0.3, 0.4) is 0 Å². The fraction of sp³-hybridized carbons (Fsp3) is 1.00. The van der Waals surface area contributed by atoms with Crippen LogP contribution in [0.4, 0.5) is 0 Å². The molecule has 0 aromatic heterocycles. The Morgan fingerprint density at radius 2 is 1.04 bits per heavy atom. The highest BCUT2D eigenvalue weighted by molar-refractivity contribution is 8.57. The van der Waals surface area contributed by atoms with E-state index in [0.29, 0.717) is 54.9 Å². The summed E-state index contributed by atoms with van der Waals surface area (Å²) in [7, 11) is 2.52. The molecule has 28 heavy (non-hydrogen) atoms. The van der Waals surface area contributed by atoms with Crippen LogP contribution >= 0.6 is 71.5 Å². The molecule has 170 valence electrons. The molecule has 0 bridgehead atoms. The fourth-order valence-electron chi connectivity index (χ4n) is 2.04. The van der Waals surface area contributed by atoms with Gasteiger partial charge in [-0.25, -0.2) is 0 Å². The van der Waals surface area contributed by atoms with Crippen molar-refractivity contribution < 1.29 is 27.5 Å². The van der Waals surface area contributed by atoms with Crippen molar-refractivity contribution in [1.82, 2.24) is 0 Å². The number of hydrogen-bond donors (Lipinski definition) is 3. The predicted molar refractivity (Wildman–Crippen MR) is 139 cm³/mol. The third-order valence-electron chi connectivity index (χ3n) is 3.17. The van der Waals surface area contributed by atoms with Crippen LogP contribution in [0.2, 0.25) is 12.1 Å². The van der Waals surface area contributed by atoms with Crippen molar-refractivity contribution in [2.24, 2.45) is 0 Å². The minimum atomic E-state index is -2.56. The summed E-state index contributed by atoms with van der Waals surface area (Å²) in [5, 5.41) is 0. The smallest absolute Gasteiger partial charge is 0.398 e. The SMILES string of the molecule is COCS[Si](CC[Si](OCCS)(SCOC)SCOC)(OCCS)OCCS. The first-order valence-electron chi connectivity index (χ1n) is 8.70. The molecule has 0 spiro atoms. The first-order valence-corrected chi connectivity index (χ1v) is 19.9. The molecule has 0 atom stereocenters. The lowest BCUT2D eigenvalue weighted by atomic mass is 10.9. The summed E-state index contributed by atoms with van der Waals surface area (Å²) in [6.07, 6.45) is 0. The molecule has 0 saturated heterocycles. The molecule has 0 aromatic carbocycles. The lowest BCUT2D eigenvalue weighted by Crippen LogP contribution is -2.44. The standard InChI is InChI=1S/C14H34O6S6Si2/c1-15-12-24-27(18-4-7-21,19-5-8-22)10-11-28(20-6-9-23,25-13-16-2)26-14-17-3/h21-23H,4-14H2,1-3H3. The van der Waals surface area contributed by atoms with E-state index in [1.54, 1.807) is 55.0 Å². The van der Waals surface area contributed by atoms with Gasteiger partial charge in [0.05, 0.1) is 17.8 Å². The monoisotopic (exact) mass is 546 g/mol. The third-order valence-corrected chi connectivity index (χ3v) is 20.6. The van der Waals surface area contributed by atoms with E-state index in [2.05, 4.69) is 37.9 Å². The molecule has 0 rings (SSSR count). The van der Waals surface area contributed by atoms with Crippen LogP contribution in [0, 0.1) is 0 Å². The van der Waals surface area contributed by atoms with Gasteiger partial charge in [-0.05, 0) is 6.04 Å². The average Bonchev–Trinajstić information content (AvgIpc) is 2.73. The Balaban J connectivity index is 5.42. The molecule has 0 aromatic rings. The van der Waals surface area contributed by atoms with Crippen molar-refractivity contribution in [1.29, 1.82) is 0 Å². The Labute approximate surface area is 200 Å². The molecule has 0 aliphatic rings. The molecule has 0 fully saturated rings. The van der Waals surface area contributed by atoms with Crippen molar-refractivity contribution in [3.05, 3.63) is 0 Å². The summed E-state index contributed by atoms with van der Waals surface area (Å²) in [6.45, 7) is -0.589. The van der Waals surface area contributed by atoms with E-state index in [1.165, 1.54) is 0 Å². The van der Waals surface area contributed by atoms with Crippen LogP contribution in [0.5, 0.6) is 0 Å². The predicted octanol–water partition coefficient (Wildman–Crippen LogP) is 3.71. The maximum absolute atomic E-state index is 6.36. The van der Waals surface area contributed by atoms with E-state index >= 15 is 0 Å². The largest absolute Gasteiger partial charge is 0.408 e. The Morgan fingerprint density at radius 3 is 1.46 bits per heavy atom. The van der Waals surface area contributed by atoms with Gasteiger partial charge in [0.25, 0.3) is 0 Å². The minimum Gasteiger partial charge on any atom is -0.398 e. The van der Waals surface area contributed by atoms with Crippen molar-refractivity contribution in [3.8, 4) is 0 Å². The van der Waals surface area contributed by atoms with E-state index in [-0.39, 0.29) is 0 Å². The van der Waals surface area contributed by atoms with Crippen LogP contribution < -0.4 is 0 Å². The quantitative estimate of drug-likeness (QED) is 0.114. The number of methoxy groups -OCH3 is 3. The third kappa shape index (κ3) is 13.7. The Hall–Kier alpha value is 2.29. The fourth-order valence-corrected chi connectivity index (χ4v) is 19.4. The molecule has 0 unspecified atom stereocenters. The van der Waals surface area contributed by atoms with Crippen LogP contribution in [-0.2, 0) is 27.5 Å². The number of ether oxygens (including phenoxy) is 3. The Morgan fingerprint density at radius 1 is 0.607 bits per heavy atom. The van der Waals surface area contributed by atoms with Gasteiger partial charge >= 0.3 is 14.3 Å².